The van der Waals surface area contributed by atoms with E-state index < -0.39 is 0 Å². The summed E-state index contributed by atoms with van der Waals surface area (Å²) in [5.74, 6) is 0.540. The second-order valence-electron chi connectivity index (χ2n) is 6.41. The molecule has 1 atom stereocenters. The van der Waals surface area contributed by atoms with E-state index in [1.54, 1.807) is 18.6 Å². The molecule has 6 nitrogen and oxygen atoms in total. The molecule has 4 heterocycles. The highest BCUT2D eigenvalue weighted by Gasteiger charge is 2.32. The molecule has 0 bridgehead atoms. The first kappa shape index (κ1) is 20.5. The number of rotatable bonds is 4. The van der Waals surface area contributed by atoms with E-state index in [1.165, 1.54) is 11.3 Å². The standard InChI is InChI=1S/C19H18ClN5OS.ClH/c1-12-4-5-14(11-22-12)24-17-15(20)9-13(10-23-17)16-3-2-7-25(16)19(26)18-21-6-8-27-18;/h4-6,8-11,16H,2-3,7H2,1H3,(H,23,24);1H. The molecule has 1 fully saturated rings. The van der Waals surface area contributed by atoms with Crippen LogP contribution in [-0.2, 0) is 0 Å². The van der Waals surface area contributed by atoms with Gasteiger partial charge in [-0.15, -0.1) is 23.7 Å². The Morgan fingerprint density at radius 1 is 1.29 bits per heavy atom. The van der Waals surface area contributed by atoms with Gasteiger partial charge >= 0.3 is 0 Å². The van der Waals surface area contributed by atoms with Crippen LogP contribution in [0.5, 0.6) is 0 Å². The van der Waals surface area contributed by atoms with Gasteiger partial charge in [0.25, 0.3) is 5.91 Å². The summed E-state index contributed by atoms with van der Waals surface area (Å²) >= 11 is 7.82. The molecular formula is C19H19Cl2N5OS. The third kappa shape index (κ3) is 4.27. The number of halogens is 2. The van der Waals surface area contributed by atoms with Crippen molar-refractivity contribution in [3.8, 4) is 0 Å². The summed E-state index contributed by atoms with van der Waals surface area (Å²) in [4.78, 5) is 27.5. The second kappa shape index (κ2) is 8.86. The Balaban J connectivity index is 0.00000225. The Bertz CT molecular complexity index is 949. The maximum atomic E-state index is 12.7. The lowest BCUT2D eigenvalue weighted by Crippen LogP contribution is -2.30. The van der Waals surface area contributed by atoms with Crippen molar-refractivity contribution in [2.24, 2.45) is 0 Å². The first-order valence-electron chi connectivity index (χ1n) is 8.67. The Morgan fingerprint density at radius 3 is 2.82 bits per heavy atom. The van der Waals surface area contributed by atoms with Gasteiger partial charge in [0.1, 0.15) is 5.82 Å². The lowest BCUT2D eigenvalue weighted by Gasteiger charge is -2.24. The molecule has 1 saturated heterocycles. The number of nitrogens with one attached hydrogen (secondary N) is 1. The number of pyridine rings is 2. The molecule has 3 aromatic rings. The molecule has 0 aromatic carbocycles. The van der Waals surface area contributed by atoms with Crippen LogP contribution in [0.4, 0.5) is 11.5 Å². The van der Waals surface area contributed by atoms with E-state index in [2.05, 4.69) is 20.3 Å². The number of hydrogen-bond acceptors (Lipinski definition) is 6. The minimum atomic E-state index is -0.0310. The second-order valence-corrected chi connectivity index (χ2v) is 7.71. The summed E-state index contributed by atoms with van der Waals surface area (Å²) in [6, 6.07) is 5.71. The number of thiazole rings is 1. The van der Waals surface area contributed by atoms with Crippen LogP contribution in [0.25, 0.3) is 0 Å². The van der Waals surface area contributed by atoms with Crippen LogP contribution in [0.3, 0.4) is 0 Å². The monoisotopic (exact) mass is 435 g/mol. The fourth-order valence-electron chi connectivity index (χ4n) is 3.21. The van der Waals surface area contributed by atoms with E-state index >= 15 is 0 Å². The minimum Gasteiger partial charge on any atom is -0.338 e. The minimum absolute atomic E-state index is 0. The van der Waals surface area contributed by atoms with Crippen LogP contribution in [0.15, 0.2) is 42.2 Å². The average molecular weight is 436 g/mol. The molecule has 3 aromatic heterocycles. The maximum Gasteiger partial charge on any atom is 0.283 e. The number of anilines is 2. The van der Waals surface area contributed by atoms with Crippen molar-refractivity contribution in [3.63, 3.8) is 0 Å². The van der Waals surface area contributed by atoms with E-state index in [1.807, 2.05) is 35.4 Å². The predicted molar refractivity (Wildman–Crippen MR) is 114 cm³/mol. The van der Waals surface area contributed by atoms with Gasteiger partial charge in [-0.25, -0.2) is 9.97 Å². The van der Waals surface area contributed by atoms with E-state index in [0.29, 0.717) is 15.8 Å². The lowest BCUT2D eigenvalue weighted by atomic mass is 10.1. The van der Waals surface area contributed by atoms with Crippen molar-refractivity contribution in [3.05, 3.63) is 63.5 Å². The summed E-state index contributed by atoms with van der Waals surface area (Å²) in [6.45, 7) is 2.65. The topological polar surface area (TPSA) is 71.0 Å². The molecule has 1 unspecified atom stereocenters. The third-order valence-corrected chi connectivity index (χ3v) is 5.60. The van der Waals surface area contributed by atoms with Crippen molar-refractivity contribution in [1.82, 2.24) is 19.9 Å². The van der Waals surface area contributed by atoms with Crippen molar-refractivity contribution < 1.29 is 4.79 Å². The highest BCUT2D eigenvalue weighted by Crippen LogP contribution is 2.35. The summed E-state index contributed by atoms with van der Waals surface area (Å²) in [6.07, 6.45) is 7.03. The zero-order valence-corrected chi connectivity index (χ0v) is 17.5. The molecule has 0 spiro atoms. The third-order valence-electron chi connectivity index (χ3n) is 4.55. The number of amides is 1. The van der Waals surface area contributed by atoms with Gasteiger partial charge in [-0.05, 0) is 43.5 Å². The molecule has 146 valence electrons. The normalized spacial score (nSPS) is 15.9. The largest absolute Gasteiger partial charge is 0.338 e. The number of aromatic nitrogens is 3. The molecule has 1 aliphatic rings. The molecule has 0 radical (unpaired) electrons. The quantitative estimate of drug-likeness (QED) is 0.621. The zero-order valence-electron chi connectivity index (χ0n) is 15.1. The zero-order chi connectivity index (χ0) is 18.8. The van der Waals surface area contributed by atoms with E-state index in [0.717, 1.165) is 36.3 Å². The maximum absolute atomic E-state index is 12.7. The Hall–Kier alpha value is -2.22. The van der Waals surface area contributed by atoms with Crippen LogP contribution >= 0.6 is 35.3 Å². The van der Waals surface area contributed by atoms with Crippen molar-refractivity contribution in [2.45, 2.75) is 25.8 Å². The summed E-state index contributed by atoms with van der Waals surface area (Å²) in [5.41, 5.74) is 2.71. The predicted octanol–water partition coefficient (Wildman–Crippen LogP) is 5.04. The van der Waals surface area contributed by atoms with Crippen LogP contribution in [-0.4, -0.2) is 32.3 Å². The van der Waals surface area contributed by atoms with E-state index in [-0.39, 0.29) is 24.4 Å². The van der Waals surface area contributed by atoms with Crippen LogP contribution in [0.2, 0.25) is 5.02 Å². The molecule has 1 amide bonds. The number of likely N-dealkylation sites (tertiary alicyclic amines) is 1. The first-order chi connectivity index (χ1) is 13.1. The fraction of sp³-hybridized carbons (Fsp3) is 0.263. The van der Waals surface area contributed by atoms with E-state index in [4.69, 9.17) is 11.6 Å². The average Bonchev–Trinajstić information content (AvgIpc) is 3.36. The Kier molecular flexibility index (Phi) is 6.49. The summed E-state index contributed by atoms with van der Waals surface area (Å²) in [7, 11) is 0. The molecule has 1 N–H and O–H groups in total. The SMILES string of the molecule is Cc1ccc(Nc2ncc(C3CCCN3C(=O)c3nccs3)cc2Cl)cn1.Cl. The van der Waals surface area contributed by atoms with Gasteiger partial charge in [-0.2, -0.15) is 0 Å². The van der Waals surface area contributed by atoms with Crippen LogP contribution in [0, 0.1) is 6.92 Å². The molecular weight excluding hydrogens is 417 g/mol. The first-order valence-corrected chi connectivity index (χ1v) is 9.93. The van der Waals surface area contributed by atoms with Gasteiger partial charge in [0.15, 0.2) is 5.01 Å². The van der Waals surface area contributed by atoms with Gasteiger partial charge < -0.3 is 10.2 Å². The van der Waals surface area contributed by atoms with Gasteiger partial charge in [0.05, 0.1) is 22.9 Å². The van der Waals surface area contributed by atoms with Gasteiger partial charge in [-0.1, -0.05) is 11.6 Å². The number of hydrogen-bond donors (Lipinski definition) is 1. The Morgan fingerprint density at radius 2 is 2.14 bits per heavy atom. The lowest BCUT2D eigenvalue weighted by molar-refractivity contribution is 0.0735. The summed E-state index contributed by atoms with van der Waals surface area (Å²) in [5, 5.41) is 6.03. The number of aryl methyl sites for hydroxylation is 1. The van der Waals surface area contributed by atoms with Gasteiger partial charge in [0.2, 0.25) is 0 Å². The number of carbonyl (C=O) groups is 1. The van der Waals surface area contributed by atoms with Crippen molar-refractivity contribution in [1.29, 1.82) is 0 Å². The van der Waals surface area contributed by atoms with Crippen molar-refractivity contribution in [2.75, 3.05) is 11.9 Å². The number of carbonyl (C=O) groups excluding carboxylic acids is 1. The smallest absolute Gasteiger partial charge is 0.283 e. The van der Waals surface area contributed by atoms with Gasteiger partial charge in [-0.3, -0.25) is 9.78 Å². The molecule has 28 heavy (non-hydrogen) atoms. The Labute approximate surface area is 178 Å². The van der Waals surface area contributed by atoms with Crippen LogP contribution in [0.1, 0.15) is 39.9 Å². The highest BCUT2D eigenvalue weighted by molar-refractivity contribution is 7.11. The molecule has 1 aliphatic heterocycles. The fourth-order valence-corrected chi connectivity index (χ4v) is 4.03. The number of nitrogens with zero attached hydrogens (tertiary/aromatic N) is 4. The van der Waals surface area contributed by atoms with E-state index in [9.17, 15) is 4.79 Å². The molecule has 0 aliphatic carbocycles. The van der Waals surface area contributed by atoms with Gasteiger partial charge in [0, 0.05) is 30.0 Å². The highest BCUT2D eigenvalue weighted by atomic mass is 35.5. The van der Waals surface area contributed by atoms with Crippen molar-refractivity contribution >= 4 is 52.8 Å². The molecule has 4 rings (SSSR count). The molecule has 0 saturated carbocycles. The summed E-state index contributed by atoms with van der Waals surface area (Å²) < 4.78 is 0. The molecule has 9 heteroatoms. The van der Waals surface area contributed by atoms with Crippen LogP contribution < -0.4 is 5.32 Å².